The van der Waals surface area contributed by atoms with Gasteiger partial charge in [0.25, 0.3) is 0 Å². The van der Waals surface area contributed by atoms with Crippen molar-refractivity contribution in [3.05, 3.63) is 157 Å². The first-order valence-electron chi connectivity index (χ1n) is 15.7. The number of rotatable bonds is 4. The van der Waals surface area contributed by atoms with Crippen LogP contribution in [0.5, 0.6) is 0 Å². The van der Waals surface area contributed by atoms with E-state index < -0.39 is 0 Å². The van der Waals surface area contributed by atoms with Gasteiger partial charge in [-0.2, -0.15) is 0 Å². The topological polar surface area (TPSA) is 43.6 Å². The predicted molar refractivity (Wildman–Crippen MR) is 188 cm³/mol. The maximum Gasteiger partial charge on any atom is 0.162 e. The summed E-state index contributed by atoms with van der Waals surface area (Å²) in [6.45, 7) is 4.71. The van der Waals surface area contributed by atoms with E-state index in [1.165, 1.54) is 84.7 Å². The Hall–Kier alpha value is -5.87. The van der Waals surface area contributed by atoms with E-state index in [0.29, 0.717) is 5.82 Å². The quantitative estimate of drug-likeness (QED) is 0.205. The zero-order valence-electron chi connectivity index (χ0n) is 25.6. The molecule has 4 heteroatoms. The SMILES string of the molecule is CC1(C)c2cc(-c3ccc(-c4ncncn4)cc3)ccc2-c2ccc(-c3ccc4c(c3)c3ccccc3n4-c3ccccc3)cc21. The zero-order chi connectivity index (χ0) is 30.8. The highest BCUT2D eigenvalue weighted by atomic mass is 15.0. The van der Waals surface area contributed by atoms with E-state index in [-0.39, 0.29) is 5.41 Å². The molecule has 0 N–H and O–H groups in total. The maximum atomic E-state index is 4.29. The summed E-state index contributed by atoms with van der Waals surface area (Å²) >= 11 is 0. The smallest absolute Gasteiger partial charge is 0.162 e. The number of fused-ring (bicyclic) bond motifs is 6. The van der Waals surface area contributed by atoms with Gasteiger partial charge in [-0.1, -0.05) is 105 Å². The van der Waals surface area contributed by atoms with Crippen molar-refractivity contribution >= 4 is 21.8 Å². The summed E-state index contributed by atoms with van der Waals surface area (Å²) in [5.41, 5.74) is 14.7. The Morgan fingerprint density at radius 2 is 1.02 bits per heavy atom. The third-order valence-electron chi connectivity index (χ3n) is 9.67. The second-order valence-corrected chi connectivity index (χ2v) is 12.6. The number of hydrogen-bond donors (Lipinski definition) is 0. The van der Waals surface area contributed by atoms with Crippen LogP contribution < -0.4 is 0 Å². The predicted octanol–water partition coefficient (Wildman–Crippen LogP) is 10.3. The van der Waals surface area contributed by atoms with Crippen LogP contribution in [-0.2, 0) is 5.41 Å². The van der Waals surface area contributed by atoms with E-state index in [9.17, 15) is 0 Å². The summed E-state index contributed by atoms with van der Waals surface area (Å²) in [5, 5.41) is 2.54. The van der Waals surface area contributed by atoms with Gasteiger partial charge in [-0.05, 0) is 87.0 Å². The molecule has 2 heterocycles. The Bertz CT molecular complexity index is 2420. The normalized spacial score (nSPS) is 13.2. The van der Waals surface area contributed by atoms with Crippen molar-refractivity contribution < 1.29 is 0 Å². The van der Waals surface area contributed by atoms with Gasteiger partial charge in [0.15, 0.2) is 5.82 Å². The number of nitrogens with zero attached hydrogens (tertiary/aromatic N) is 4. The molecule has 9 rings (SSSR count). The first-order chi connectivity index (χ1) is 22.6. The van der Waals surface area contributed by atoms with Gasteiger partial charge in [-0.15, -0.1) is 0 Å². The lowest BCUT2D eigenvalue weighted by atomic mass is 9.81. The maximum absolute atomic E-state index is 4.29. The standard InChI is InChI=1S/C42H30N4/c1-42(2)37-23-30(27-12-14-28(15-13-27)41-44-25-43-26-45-41)16-19-33(37)34-20-17-31(24-38(34)42)29-18-21-40-36(22-29)35-10-6-7-11-39(35)46(40)32-8-4-3-5-9-32/h3-26H,1-2H3. The Balaban J connectivity index is 1.10. The van der Waals surface area contributed by atoms with Gasteiger partial charge in [0.05, 0.1) is 11.0 Å². The zero-order valence-corrected chi connectivity index (χ0v) is 25.6. The number of benzene rings is 6. The Kier molecular flexibility index (Phi) is 5.81. The average molecular weight is 591 g/mol. The molecule has 0 saturated carbocycles. The minimum atomic E-state index is -0.130. The summed E-state index contributed by atoms with van der Waals surface area (Å²) in [5.74, 6) is 0.684. The fourth-order valence-corrected chi connectivity index (χ4v) is 7.30. The van der Waals surface area contributed by atoms with E-state index in [4.69, 9.17) is 0 Å². The van der Waals surface area contributed by atoms with Gasteiger partial charge < -0.3 is 4.57 Å². The summed E-state index contributed by atoms with van der Waals surface area (Å²) in [4.78, 5) is 12.5. The van der Waals surface area contributed by atoms with Crippen molar-refractivity contribution in [2.75, 3.05) is 0 Å². The lowest BCUT2D eigenvalue weighted by molar-refractivity contribution is 0.661. The van der Waals surface area contributed by atoms with Crippen molar-refractivity contribution in [1.82, 2.24) is 19.5 Å². The molecule has 0 unspecified atom stereocenters. The van der Waals surface area contributed by atoms with Gasteiger partial charge >= 0.3 is 0 Å². The molecule has 8 aromatic rings. The molecule has 2 aromatic heterocycles. The first kappa shape index (κ1) is 26.5. The fourth-order valence-electron chi connectivity index (χ4n) is 7.30. The number of hydrogen-bond acceptors (Lipinski definition) is 3. The first-order valence-corrected chi connectivity index (χ1v) is 15.7. The second kappa shape index (κ2) is 10.1. The van der Waals surface area contributed by atoms with Crippen LogP contribution in [0.2, 0.25) is 0 Å². The molecule has 1 aliphatic rings. The van der Waals surface area contributed by atoms with Crippen LogP contribution in [0.15, 0.2) is 146 Å². The van der Waals surface area contributed by atoms with Crippen LogP contribution in [0.3, 0.4) is 0 Å². The van der Waals surface area contributed by atoms with E-state index in [1.54, 1.807) is 0 Å². The van der Waals surface area contributed by atoms with Gasteiger partial charge in [-0.25, -0.2) is 15.0 Å². The van der Waals surface area contributed by atoms with Crippen molar-refractivity contribution in [3.8, 4) is 50.5 Å². The van der Waals surface area contributed by atoms with E-state index in [1.807, 2.05) is 0 Å². The van der Waals surface area contributed by atoms with Gasteiger partial charge in [0.2, 0.25) is 0 Å². The highest BCUT2D eigenvalue weighted by molar-refractivity contribution is 6.10. The second-order valence-electron chi connectivity index (χ2n) is 12.6. The number of aromatic nitrogens is 4. The lowest BCUT2D eigenvalue weighted by Crippen LogP contribution is -2.15. The molecule has 0 amide bonds. The molecule has 0 atom stereocenters. The summed E-state index contributed by atoms with van der Waals surface area (Å²) in [6.07, 6.45) is 3.06. The highest BCUT2D eigenvalue weighted by Gasteiger charge is 2.36. The van der Waals surface area contributed by atoms with Crippen molar-refractivity contribution in [3.63, 3.8) is 0 Å². The minimum Gasteiger partial charge on any atom is -0.309 e. The molecule has 1 aliphatic carbocycles. The summed E-state index contributed by atoms with van der Waals surface area (Å²) in [6, 6.07) is 48.7. The molecule has 4 nitrogen and oxygen atoms in total. The Morgan fingerprint density at radius 3 is 1.74 bits per heavy atom. The number of para-hydroxylation sites is 2. The van der Waals surface area contributed by atoms with Crippen LogP contribution in [-0.4, -0.2) is 19.5 Å². The third kappa shape index (κ3) is 4.04. The van der Waals surface area contributed by atoms with Crippen molar-refractivity contribution in [1.29, 1.82) is 0 Å². The molecule has 0 bridgehead atoms. The van der Waals surface area contributed by atoms with Gasteiger partial charge in [-0.3, -0.25) is 0 Å². The third-order valence-corrected chi connectivity index (χ3v) is 9.67. The molecular formula is C42H30N4. The van der Waals surface area contributed by atoms with E-state index >= 15 is 0 Å². The Labute approximate surface area is 267 Å². The molecule has 0 spiro atoms. The van der Waals surface area contributed by atoms with Crippen molar-refractivity contribution in [2.45, 2.75) is 19.3 Å². The van der Waals surface area contributed by atoms with E-state index in [2.05, 4.69) is 167 Å². The largest absolute Gasteiger partial charge is 0.309 e. The van der Waals surface area contributed by atoms with Gasteiger partial charge in [0, 0.05) is 27.4 Å². The molecule has 0 saturated heterocycles. The van der Waals surface area contributed by atoms with Crippen LogP contribution in [0.25, 0.3) is 72.3 Å². The van der Waals surface area contributed by atoms with Crippen LogP contribution in [0, 0.1) is 0 Å². The highest BCUT2D eigenvalue weighted by Crippen LogP contribution is 2.51. The molecule has 46 heavy (non-hydrogen) atoms. The molecule has 218 valence electrons. The molecular weight excluding hydrogens is 560 g/mol. The summed E-state index contributed by atoms with van der Waals surface area (Å²) < 4.78 is 2.37. The monoisotopic (exact) mass is 590 g/mol. The Morgan fingerprint density at radius 1 is 0.478 bits per heavy atom. The average Bonchev–Trinajstić information content (AvgIpc) is 3.57. The molecule has 0 aliphatic heterocycles. The van der Waals surface area contributed by atoms with Gasteiger partial charge in [0.1, 0.15) is 12.7 Å². The molecule has 0 radical (unpaired) electrons. The lowest BCUT2D eigenvalue weighted by Gasteiger charge is -2.22. The van der Waals surface area contributed by atoms with Crippen LogP contribution in [0.4, 0.5) is 0 Å². The molecule has 6 aromatic carbocycles. The van der Waals surface area contributed by atoms with Crippen LogP contribution in [0.1, 0.15) is 25.0 Å². The van der Waals surface area contributed by atoms with Crippen LogP contribution >= 0.6 is 0 Å². The fraction of sp³-hybridized carbons (Fsp3) is 0.0714. The minimum absolute atomic E-state index is 0.130. The van der Waals surface area contributed by atoms with E-state index in [0.717, 1.165) is 5.56 Å². The van der Waals surface area contributed by atoms with Crippen molar-refractivity contribution in [2.24, 2.45) is 0 Å². The molecule has 0 fully saturated rings. The summed E-state index contributed by atoms with van der Waals surface area (Å²) in [7, 11) is 0.